The van der Waals surface area contributed by atoms with Crippen molar-refractivity contribution in [3.63, 3.8) is 0 Å². The molecule has 0 saturated carbocycles. The van der Waals surface area contributed by atoms with Gasteiger partial charge in [-0.3, -0.25) is 0 Å². The molecule has 28 heavy (non-hydrogen) atoms. The van der Waals surface area contributed by atoms with E-state index in [1.165, 1.54) is 12.1 Å². The lowest BCUT2D eigenvalue weighted by molar-refractivity contribution is -0.171. The molecular weight excluding hydrogens is 370 g/mol. The van der Waals surface area contributed by atoms with Gasteiger partial charge in [-0.1, -0.05) is 20.8 Å². The number of benzene rings is 1. The minimum Gasteiger partial charge on any atom is -0.544 e. The van der Waals surface area contributed by atoms with E-state index in [0.717, 1.165) is 38.3 Å². The van der Waals surface area contributed by atoms with Crippen molar-refractivity contribution < 1.29 is 18.6 Å². The summed E-state index contributed by atoms with van der Waals surface area (Å²) in [5, 5.41) is 0.209. The molecule has 0 N–H and O–H groups in total. The second kappa shape index (κ2) is 9.16. The Hall–Kier alpha value is -1.08. The van der Waals surface area contributed by atoms with Crippen molar-refractivity contribution in [3.8, 4) is 5.75 Å². The average molecular weight is 408 g/mol. The molecule has 158 valence electrons. The number of nitrogens with zero attached hydrogens (tertiary/aromatic N) is 1. The standard InChI is InChI=1S/C22H37NO4Si/c1-22(2,3)28(4,5)27-19-11-9-18(10-12-19)23-16-20(17-23)24-14-15-26-21-8-6-7-13-25-21/h9-12,20-21H,6-8,13-17H2,1-5H3. The van der Waals surface area contributed by atoms with Crippen LogP contribution in [-0.4, -0.2) is 53.6 Å². The third-order valence-electron chi connectivity index (χ3n) is 6.11. The van der Waals surface area contributed by atoms with E-state index in [0.29, 0.717) is 19.3 Å². The number of rotatable bonds is 8. The lowest BCUT2D eigenvalue weighted by Crippen LogP contribution is -2.52. The van der Waals surface area contributed by atoms with Crippen LogP contribution in [0.15, 0.2) is 24.3 Å². The highest BCUT2D eigenvalue weighted by molar-refractivity contribution is 6.74. The van der Waals surface area contributed by atoms with E-state index in [1.54, 1.807) is 0 Å². The fourth-order valence-electron chi connectivity index (χ4n) is 3.16. The van der Waals surface area contributed by atoms with Crippen molar-refractivity contribution in [2.45, 2.75) is 70.6 Å². The summed E-state index contributed by atoms with van der Waals surface area (Å²) in [4.78, 5) is 2.34. The van der Waals surface area contributed by atoms with Crippen LogP contribution in [0.1, 0.15) is 40.0 Å². The lowest BCUT2D eigenvalue weighted by atomic mass is 10.1. The topological polar surface area (TPSA) is 40.2 Å². The molecule has 2 saturated heterocycles. The molecule has 2 aliphatic heterocycles. The Morgan fingerprint density at radius 3 is 2.32 bits per heavy atom. The minimum atomic E-state index is -1.78. The highest BCUT2D eigenvalue weighted by Crippen LogP contribution is 2.37. The molecule has 2 fully saturated rings. The smallest absolute Gasteiger partial charge is 0.250 e. The molecule has 2 heterocycles. The summed E-state index contributed by atoms with van der Waals surface area (Å²) in [7, 11) is -1.78. The van der Waals surface area contributed by atoms with Crippen LogP contribution in [0.25, 0.3) is 0 Å². The monoisotopic (exact) mass is 407 g/mol. The van der Waals surface area contributed by atoms with Crippen LogP contribution in [0.4, 0.5) is 5.69 Å². The molecule has 1 aromatic rings. The average Bonchev–Trinajstić information content (AvgIpc) is 2.61. The molecular formula is C22H37NO4Si. The van der Waals surface area contributed by atoms with Crippen LogP contribution in [0.3, 0.4) is 0 Å². The second-order valence-electron chi connectivity index (χ2n) is 9.42. The Kier molecular flexibility index (Phi) is 7.07. The van der Waals surface area contributed by atoms with Crippen molar-refractivity contribution in [2.24, 2.45) is 0 Å². The molecule has 0 bridgehead atoms. The van der Waals surface area contributed by atoms with Crippen molar-refractivity contribution in [1.29, 1.82) is 0 Å². The van der Waals surface area contributed by atoms with E-state index < -0.39 is 8.32 Å². The summed E-state index contributed by atoms with van der Waals surface area (Å²) in [6.07, 6.45) is 3.62. The summed E-state index contributed by atoms with van der Waals surface area (Å²) in [5.41, 5.74) is 1.23. The van der Waals surface area contributed by atoms with Gasteiger partial charge in [0.1, 0.15) is 5.75 Å². The number of hydrogen-bond acceptors (Lipinski definition) is 5. The first-order valence-electron chi connectivity index (χ1n) is 10.6. The molecule has 0 aromatic heterocycles. The Balaban J connectivity index is 1.35. The summed E-state index contributed by atoms with van der Waals surface area (Å²) in [6, 6.07) is 8.51. The molecule has 1 aromatic carbocycles. The molecule has 0 spiro atoms. The minimum absolute atomic E-state index is 0.0257. The quantitative estimate of drug-likeness (QED) is 0.456. The van der Waals surface area contributed by atoms with E-state index in [1.807, 2.05) is 0 Å². The molecule has 5 nitrogen and oxygen atoms in total. The van der Waals surface area contributed by atoms with Gasteiger partial charge in [0.2, 0.25) is 8.32 Å². The number of anilines is 1. The van der Waals surface area contributed by atoms with Crippen molar-refractivity contribution >= 4 is 14.0 Å². The van der Waals surface area contributed by atoms with Gasteiger partial charge in [0.25, 0.3) is 0 Å². The predicted molar refractivity (Wildman–Crippen MR) is 116 cm³/mol. The van der Waals surface area contributed by atoms with Gasteiger partial charge in [0.15, 0.2) is 6.29 Å². The first-order valence-corrected chi connectivity index (χ1v) is 13.5. The zero-order chi connectivity index (χ0) is 20.2. The maximum Gasteiger partial charge on any atom is 0.250 e. The number of hydrogen-bond donors (Lipinski definition) is 0. The van der Waals surface area contributed by atoms with Gasteiger partial charge in [-0.15, -0.1) is 0 Å². The van der Waals surface area contributed by atoms with Crippen LogP contribution in [0, 0.1) is 0 Å². The van der Waals surface area contributed by atoms with E-state index in [9.17, 15) is 0 Å². The third kappa shape index (κ3) is 5.72. The molecule has 6 heteroatoms. The van der Waals surface area contributed by atoms with Gasteiger partial charge >= 0.3 is 0 Å². The zero-order valence-electron chi connectivity index (χ0n) is 18.2. The van der Waals surface area contributed by atoms with Gasteiger partial charge in [-0.25, -0.2) is 0 Å². The predicted octanol–water partition coefficient (Wildman–Crippen LogP) is 4.82. The summed E-state index contributed by atoms with van der Waals surface area (Å²) >= 11 is 0. The maximum absolute atomic E-state index is 6.36. The van der Waals surface area contributed by atoms with Gasteiger partial charge in [0.05, 0.1) is 19.3 Å². The summed E-state index contributed by atoms with van der Waals surface area (Å²) in [5.74, 6) is 0.978. The van der Waals surface area contributed by atoms with Crippen molar-refractivity contribution in [1.82, 2.24) is 0 Å². The second-order valence-corrected chi connectivity index (χ2v) is 14.1. The molecule has 1 atom stereocenters. The van der Waals surface area contributed by atoms with Crippen LogP contribution >= 0.6 is 0 Å². The van der Waals surface area contributed by atoms with Crippen molar-refractivity contribution in [2.75, 3.05) is 37.8 Å². The highest BCUT2D eigenvalue weighted by atomic mass is 28.4. The summed E-state index contributed by atoms with van der Waals surface area (Å²) in [6.45, 7) is 15.3. The van der Waals surface area contributed by atoms with Crippen LogP contribution in [0.5, 0.6) is 5.75 Å². The third-order valence-corrected chi connectivity index (χ3v) is 10.5. The van der Waals surface area contributed by atoms with Crippen LogP contribution in [-0.2, 0) is 14.2 Å². The largest absolute Gasteiger partial charge is 0.544 e. The molecule has 1 unspecified atom stereocenters. The first-order chi connectivity index (χ1) is 13.2. The SMILES string of the molecule is CC(C)(C)[Si](C)(C)Oc1ccc(N2CC(OCCOC3CCCCO3)C2)cc1. The van der Waals surface area contributed by atoms with Crippen LogP contribution < -0.4 is 9.33 Å². The Bertz CT molecular complexity index is 602. The fourth-order valence-corrected chi connectivity index (χ4v) is 4.20. The molecule has 0 amide bonds. The van der Waals surface area contributed by atoms with Gasteiger partial charge in [-0.2, -0.15) is 0 Å². The Labute approximate surface area is 171 Å². The molecule has 0 radical (unpaired) electrons. The molecule has 0 aliphatic carbocycles. The Morgan fingerprint density at radius 1 is 1.04 bits per heavy atom. The van der Waals surface area contributed by atoms with Gasteiger partial charge in [-0.05, 0) is 61.7 Å². The van der Waals surface area contributed by atoms with Gasteiger partial charge in [0, 0.05) is 25.4 Å². The van der Waals surface area contributed by atoms with E-state index in [-0.39, 0.29) is 11.3 Å². The fraction of sp³-hybridized carbons (Fsp3) is 0.727. The van der Waals surface area contributed by atoms with Gasteiger partial charge < -0.3 is 23.5 Å². The summed E-state index contributed by atoms with van der Waals surface area (Å²) < 4.78 is 23.6. The van der Waals surface area contributed by atoms with E-state index in [4.69, 9.17) is 18.6 Å². The lowest BCUT2D eigenvalue weighted by Gasteiger charge is -2.41. The van der Waals surface area contributed by atoms with E-state index in [2.05, 4.69) is 63.0 Å². The van der Waals surface area contributed by atoms with E-state index >= 15 is 0 Å². The molecule has 2 aliphatic rings. The first kappa shape index (κ1) is 21.6. The van der Waals surface area contributed by atoms with Crippen LogP contribution in [0.2, 0.25) is 18.1 Å². The highest BCUT2D eigenvalue weighted by Gasteiger charge is 2.39. The normalized spacial score (nSPS) is 21.5. The Morgan fingerprint density at radius 2 is 1.71 bits per heavy atom. The molecule has 3 rings (SSSR count). The van der Waals surface area contributed by atoms with Crippen molar-refractivity contribution in [3.05, 3.63) is 24.3 Å². The maximum atomic E-state index is 6.36. The zero-order valence-corrected chi connectivity index (χ0v) is 19.2. The number of ether oxygens (including phenoxy) is 3.